The van der Waals surface area contributed by atoms with Crippen LogP contribution in [0.1, 0.15) is 43.4 Å². The summed E-state index contributed by atoms with van der Waals surface area (Å²) in [4.78, 5) is 17.5. The van der Waals surface area contributed by atoms with Crippen LogP contribution in [-0.4, -0.2) is 46.5 Å². The maximum absolute atomic E-state index is 12.9. The van der Waals surface area contributed by atoms with E-state index < -0.39 is 0 Å². The Labute approximate surface area is 195 Å². The molecule has 1 aromatic heterocycles. The predicted octanol–water partition coefficient (Wildman–Crippen LogP) is 5.57. The van der Waals surface area contributed by atoms with Crippen LogP contribution in [0.5, 0.6) is 0 Å². The maximum Gasteiger partial charge on any atom is 0.225 e. The van der Waals surface area contributed by atoms with Gasteiger partial charge in [0.15, 0.2) is 0 Å². The van der Waals surface area contributed by atoms with E-state index in [0.717, 1.165) is 62.7 Å². The number of para-hydroxylation sites is 1. The molecule has 2 aliphatic rings. The van der Waals surface area contributed by atoms with Crippen LogP contribution in [0.15, 0.2) is 54.6 Å². The van der Waals surface area contributed by atoms with Crippen molar-refractivity contribution in [3.63, 3.8) is 0 Å². The molecular weight excluding hydrogens is 418 g/mol. The van der Waals surface area contributed by atoms with Crippen molar-refractivity contribution in [3.05, 3.63) is 70.9 Å². The van der Waals surface area contributed by atoms with Crippen LogP contribution in [-0.2, 0) is 17.9 Å². The van der Waals surface area contributed by atoms with Gasteiger partial charge >= 0.3 is 0 Å². The number of fused-ring (bicyclic) bond motifs is 1. The molecule has 0 unspecified atom stereocenters. The van der Waals surface area contributed by atoms with E-state index in [9.17, 15) is 4.79 Å². The fraction of sp³-hybridized carbons (Fsp3) is 0.444. The molecule has 32 heavy (non-hydrogen) atoms. The highest BCUT2D eigenvalue weighted by Gasteiger charge is 2.29. The first-order valence-electron chi connectivity index (χ1n) is 12.0. The number of halogens is 1. The van der Waals surface area contributed by atoms with Gasteiger partial charge in [-0.25, -0.2) is 0 Å². The van der Waals surface area contributed by atoms with Crippen molar-refractivity contribution in [3.8, 4) is 0 Å². The fourth-order valence-corrected chi connectivity index (χ4v) is 5.52. The zero-order valence-electron chi connectivity index (χ0n) is 18.7. The van der Waals surface area contributed by atoms with Gasteiger partial charge in [0.1, 0.15) is 0 Å². The van der Waals surface area contributed by atoms with E-state index >= 15 is 0 Å². The van der Waals surface area contributed by atoms with E-state index in [-0.39, 0.29) is 5.92 Å². The third-order valence-corrected chi connectivity index (χ3v) is 7.54. The molecule has 5 heteroatoms. The smallest absolute Gasteiger partial charge is 0.225 e. The summed E-state index contributed by atoms with van der Waals surface area (Å²) in [6.45, 7) is 5.56. The highest BCUT2D eigenvalue weighted by atomic mass is 35.5. The lowest BCUT2D eigenvalue weighted by molar-refractivity contribution is -0.138. The van der Waals surface area contributed by atoms with Crippen LogP contribution < -0.4 is 0 Å². The van der Waals surface area contributed by atoms with Gasteiger partial charge in [0.25, 0.3) is 0 Å². The molecule has 2 fully saturated rings. The van der Waals surface area contributed by atoms with E-state index in [0.29, 0.717) is 5.91 Å². The number of nitrogens with zero attached hydrogens (tertiary/aromatic N) is 3. The number of carbonyl (C=O) groups excluding carboxylic acids is 1. The molecule has 0 bridgehead atoms. The normalized spacial score (nSPS) is 18.3. The Morgan fingerprint density at radius 1 is 0.875 bits per heavy atom. The third kappa shape index (κ3) is 4.57. The lowest BCUT2D eigenvalue weighted by Gasteiger charge is -2.35. The Balaban J connectivity index is 1.29. The first-order chi connectivity index (χ1) is 15.7. The van der Waals surface area contributed by atoms with Crippen LogP contribution in [0.3, 0.4) is 0 Å². The number of carbonyl (C=O) groups is 1. The zero-order valence-corrected chi connectivity index (χ0v) is 19.4. The summed E-state index contributed by atoms with van der Waals surface area (Å²) in [5, 5.41) is 2.08. The van der Waals surface area contributed by atoms with Gasteiger partial charge in [-0.05, 0) is 74.3 Å². The van der Waals surface area contributed by atoms with Crippen molar-refractivity contribution < 1.29 is 4.79 Å². The number of amides is 1. The second-order valence-corrected chi connectivity index (χ2v) is 9.72. The lowest BCUT2D eigenvalue weighted by atomic mass is 9.94. The minimum Gasteiger partial charge on any atom is -0.342 e. The standard InChI is InChI=1S/C27H32ClN3O/c28-25-10-4-2-9-23(25)19-31-24(18-22-8-3-5-11-26(22)31)20-29-16-12-21(13-17-29)27(32)30-14-6-1-7-15-30/h2-5,8-11,18,21H,1,6-7,12-17,19-20H2. The molecule has 3 aromatic rings. The summed E-state index contributed by atoms with van der Waals surface area (Å²) in [6, 6.07) is 19.0. The summed E-state index contributed by atoms with van der Waals surface area (Å²) >= 11 is 6.49. The number of aromatic nitrogens is 1. The molecule has 0 saturated carbocycles. The molecule has 2 aromatic carbocycles. The van der Waals surface area contributed by atoms with Crippen LogP contribution in [0, 0.1) is 5.92 Å². The summed E-state index contributed by atoms with van der Waals surface area (Å²) in [7, 11) is 0. The largest absolute Gasteiger partial charge is 0.342 e. The summed E-state index contributed by atoms with van der Waals surface area (Å²) in [5.41, 5.74) is 3.70. The minimum atomic E-state index is 0.207. The molecule has 168 valence electrons. The zero-order chi connectivity index (χ0) is 21.9. The van der Waals surface area contributed by atoms with Gasteiger partial charge in [-0.1, -0.05) is 48.0 Å². The summed E-state index contributed by atoms with van der Waals surface area (Å²) < 4.78 is 2.40. The quantitative estimate of drug-likeness (QED) is 0.509. The molecule has 0 aliphatic carbocycles. The minimum absolute atomic E-state index is 0.207. The van der Waals surface area contributed by atoms with Gasteiger partial charge in [-0.2, -0.15) is 0 Å². The molecule has 0 spiro atoms. The molecule has 0 radical (unpaired) electrons. The first kappa shape index (κ1) is 21.5. The fourth-order valence-electron chi connectivity index (χ4n) is 5.32. The van der Waals surface area contributed by atoms with Crippen molar-refractivity contribution in [2.45, 2.75) is 45.2 Å². The number of rotatable bonds is 5. The topological polar surface area (TPSA) is 28.5 Å². The molecule has 0 atom stereocenters. The highest BCUT2D eigenvalue weighted by Crippen LogP contribution is 2.27. The number of piperidine rings is 2. The number of benzene rings is 2. The van der Waals surface area contributed by atoms with E-state index in [4.69, 9.17) is 11.6 Å². The van der Waals surface area contributed by atoms with Crippen LogP contribution in [0.4, 0.5) is 0 Å². The molecule has 4 nitrogen and oxygen atoms in total. The molecule has 0 N–H and O–H groups in total. The highest BCUT2D eigenvalue weighted by molar-refractivity contribution is 6.31. The lowest BCUT2D eigenvalue weighted by Crippen LogP contribution is -2.44. The number of hydrogen-bond acceptors (Lipinski definition) is 2. The maximum atomic E-state index is 12.9. The number of hydrogen-bond donors (Lipinski definition) is 0. The van der Waals surface area contributed by atoms with Crippen molar-refractivity contribution in [2.75, 3.05) is 26.2 Å². The third-order valence-electron chi connectivity index (χ3n) is 7.17. The van der Waals surface area contributed by atoms with Gasteiger partial charge in [-0.15, -0.1) is 0 Å². The number of likely N-dealkylation sites (tertiary alicyclic amines) is 2. The second-order valence-electron chi connectivity index (χ2n) is 9.31. The van der Waals surface area contributed by atoms with Crippen molar-refractivity contribution in [2.24, 2.45) is 5.92 Å². The Morgan fingerprint density at radius 3 is 2.38 bits per heavy atom. The van der Waals surface area contributed by atoms with Gasteiger partial charge < -0.3 is 9.47 Å². The van der Waals surface area contributed by atoms with Gasteiger partial charge in [-0.3, -0.25) is 9.69 Å². The SMILES string of the molecule is O=C(C1CCN(Cc2cc3ccccc3n2Cc2ccccc2Cl)CC1)N1CCCCC1. The average molecular weight is 450 g/mol. The summed E-state index contributed by atoms with van der Waals surface area (Å²) in [6.07, 6.45) is 5.55. The van der Waals surface area contributed by atoms with E-state index in [1.54, 1.807) is 0 Å². The average Bonchev–Trinajstić information content (AvgIpc) is 3.18. The van der Waals surface area contributed by atoms with Crippen molar-refractivity contribution >= 4 is 28.4 Å². The summed E-state index contributed by atoms with van der Waals surface area (Å²) in [5.74, 6) is 0.607. The Morgan fingerprint density at radius 2 is 1.59 bits per heavy atom. The Kier molecular flexibility index (Phi) is 6.52. The molecule has 2 saturated heterocycles. The van der Waals surface area contributed by atoms with Crippen molar-refractivity contribution in [1.29, 1.82) is 0 Å². The van der Waals surface area contributed by atoms with Gasteiger partial charge in [0.2, 0.25) is 5.91 Å². The predicted molar refractivity (Wildman–Crippen MR) is 131 cm³/mol. The Hall–Kier alpha value is -2.30. The van der Waals surface area contributed by atoms with Gasteiger partial charge in [0, 0.05) is 48.3 Å². The van der Waals surface area contributed by atoms with E-state index in [1.165, 1.54) is 35.9 Å². The molecule has 2 aliphatic heterocycles. The molecule has 5 rings (SSSR count). The first-order valence-corrected chi connectivity index (χ1v) is 12.4. The van der Waals surface area contributed by atoms with E-state index in [2.05, 4.69) is 56.8 Å². The van der Waals surface area contributed by atoms with Crippen LogP contribution in [0.25, 0.3) is 10.9 Å². The molecular formula is C27H32ClN3O. The molecule has 1 amide bonds. The Bertz CT molecular complexity index is 1080. The molecule has 3 heterocycles. The van der Waals surface area contributed by atoms with Gasteiger partial charge in [0.05, 0.1) is 0 Å². The monoisotopic (exact) mass is 449 g/mol. The van der Waals surface area contributed by atoms with Crippen LogP contribution >= 0.6 is 11.6 Å². The van der Waals surface area contributed by atoms with Crippen molar-refractivity contribution in [1.82, 2.24) is 14.4 Å². The second kappa shape index (κ2) is 9.68. The van der Waals surface area contributed by atoms with E-state index in [1.807, 2.05) is 12.1 Å². The van der Waals surface area contributed by atoms with Crippen LogP contribution in [0.2, 0.25) is 5.02 Å².